The Bertz CT molecular complexity index is 450. The standard InChI is InChI=1S/C16H23NO2/c1-12-7-6-8-14(13(12)2)11-15(16(18)19)17-9-4-3-5-10-17/h6-8,15H,3-5,9-11H2,1-2H3,(H,18,19)/t15-/m1/s1. The van der Waals surface area contributed by atoms with Gasteiger partial charge in [0, 0.05) is 0 Å². The highest BCUT2D eigenvalue weighted by atomic mass is 16.4. The van der Waals surface area contributed by atoms with Gasteiger partial charge in [-0.25, -0.2) is 0 Å². The molecular weight excluding hydrogens is 238 g/mol. The van der Waals surface area contributed by atoms with E-state index in [9.17, 15) is 9.90 Å². The first-order valence-corrected chi connectivity index (χ1v) is 7.11. The number of carboxylic acids is 1. The largest absolute Gasteiger partial charge is 0.480 e. The van der Waals surface area contributed by atoms with Crippen molar-refractivity contribution in [2.75, 3.05) is 13.1 Å². The minimum atomic E-state index is -0.692. The molecule has 2 rings (SSSR count). The summed E-state index contributed by atoms with van der Waals surface area (Å²) in [6.07, 6.45) is 4.09. The fourth-order valence-electron chi connectivity index (χ4n) is 2.84. The quantitative estimate of drug-likeness (QED) is 0.906. The van der Waals surface area contributed by atoms with Crippen molar-refractivity contribution in [1.29, 1.82) is 0 Å². The summed E-state index contributed by atoms with van der Waals surface area (Å²) in [6, 6.07) is 5.78. The van der Waals surface area contributed by atoms with Crippen molar-refractivity contribution in [3.05, 3.63) is 34.9 Å². The molecule has 1 aromatic carbocycles. The number of benzene rings is 1. The Hall–Kier alpha value is -1.35. The van der Waals surface area contributed by atoms with E-state index in [4.69, 9.17) is 0 Å². The zero-order chi connectivity index (χ0) is 13.8. The molecule has 0 radical (unpaired) electrons. The van der Waals surface area contributed by atoms with Crippen LogP contribution in [-0.4, -0.2) is 35.1 Å². The third-order valence-electron chi connectivity index (χ3n) is 4.25. The minimum Gasteiger partial charge on any atom is -0.480 e. The lowest BCUT2D eigenvalue weighted by Gasteiger charge is -2.32. The molecule has 0 bridgehead atoms. The second-order valence-corrected chi connectivity index (χ2v) is 5.51. The van der Waals surface area contributed by atoms with Crippen LogP contribution in [0.5, 0.6) is 0 Å². The first-order valence-electron chi connectivity index (χ1n) is 7.11. The number of piperidine rings is 1. The molecule has 0 saturated carbocycles. The maximum Gasteiger partial charge on any atom is 0.321 e. The van der Waals surface area contributed by atoms with Crippen LogP contribution in [0, 0.1) is 13.8 Å². The number of hydrogen-bond donors (Lipinski definition) is 1. The monoisotopic (exact) mass is 261 g/mol. The molecule has 19 heavy (non-hydrogen) atoms. The maximum atomic E-state index is 11.6. The van der Waals surface area contributed by atoms with Gasteiger partial charge in [-0.3, -0.25) is 9.69 Å². The van der Waals surface area contributed by atoms with E-state index in [0.29, 0.717) is 6.42 Å². The molecule has 104 valence electrons. The number of aryl methyl sites for hydroxylation is 1. The minimum absolute atomic E-state index is 0.374. The predicted octanol–water partition coefficient (Wildman–Crippen LogP) is 2.79. The summed E-state index contributed by atoms with van der Waals surface area (Å²) < 4.78 is 0. The van der Waals surface area contributed by atoms with Crippen LogP contribution < -0.4 is 0 Å². The molecule has 1 saturated heterocycles. The second kappa shape index (κ2) is 6.20. The van der Waals surface area contributed by atoms with Crippen molar-refractivity contribution < 1.29 is 9.90 Å². The molecular formula is C16H23NO2. The number of carbonyl (C=O) groups is 1. The molecule has 0 spiro atoms. The highest BCUT2D eigenvalue weighted by Gasteiger charge is 2.27. The Morgan fingerprint density at radius 2 is 1.95 bits per heavy atom. The van der Waals surface area contributed by atoms with E-state index in [1.165, 1.54) is 17.5 Å². The van der Waals surface area contributed by atoms with Gasteiger partial charge in [0.25, 0.3) is 0 Å². The van der Waals surface area contributed by atoms with Crippen LogP contribution in [-0.2, 0) is 11.2 Å². The average molecular weight is 261 g/mol. The van der Waals surface area contributed by atoms with Crippen LogP contribution in [0.2, 0.25) is 0 Å². The fraction of sp³-hybridized carbons (Fsp3) is 0.562. The zero-order valence-electron chi connectivity index (χ0n) is 11.9. The molecule has 1 heterocycles. The molecule has 3 nitrogen and oxygen atoms in total. The molecule has 1 atom stereocenters. The third kappa shape index (κ3) is 3.35. The van der Waals surface area contributed by atoms with Gasteiger partial charge in [-0.1, -0.05) is 24.6 Å². The Balaban J connectivity index is 2.16. The van der Waals surface area contributed by atoms with E-state index in [1.54, 1.807) is 0 Å². The lowest BCUT2D eigenvalue weighted by atomic mass is 9.96. The molecule has 1 aliphatic heterocycles. The zero-order valence-corrected chi connectivity index (χ0v) is 11.9. The van der Waals surface area contributed by atoms with Gasteiger partial charge in [0.2, 0.25) is 0 Å². The Morgan fingerprint density at radius 3 is 2.58 bits per heavy atom. The summed E-state index contributed by atoms with van der Waals surface area (Å²) >= 11 is 0. The van der Waals surface area contributed by atoms with Gasteiger partial charge in [-0.2, -0.15) is 0 Å². The van der Waals surface area contributed by atoms with Crippen LogP contribution in [0.25, 0.3) is 0 Å². The topological polar surface area (TPSA) is 40.5 Å². The van der Waals surface area contributed by atoms with Gasteiger partial charge in [0.05, 0.1) is 0 Å². The smallest absolute Gasteiger partial charge is 0.321 e. The number of hydrogen-bond acceptors (Lipinski definition) is 2. The molecule has 1 aliphatic rings. The van der Waals surface area contributed by atoms with Gasteiger partial charge in [0.15, 0.2) is 0 Å². The highest BCUT2D eigenvalue weighted by Crippen LogP contribution is 2.19. The van der Waals surface area contributed by atoms with Gasteiger partial charge in [0.1, 0.15) is 6.04 Å². The second-order valence-electron chi connectivity index (χ2n) is 5.51. The summed E-state index contributed by atoms with van der Waals surface area (Å²) in [5, 5.41) is 9.51. The predicted molar refractivity (Wildman–Crippen MR) is 76.5 cm³/mol. The number of nitrogens with zero attached hydrogens (tertiary/aromatic N) is 1. The number of likely N-dealkylation sites (tertiary alicyclic amines) is 1. The molecule has 1 fully saturated rings. The van der Waals surface area contributed by atoms with Crippen molar-refractivity contribution in [1.82, 2.24) is 4.90 Å². The number of rotatable bonds is 4. The van der Waals surface area contributed by atoms with Gasteiger partial charge < -0.3 is 5.11 Å². The number of carboxylic acid groups (broad SMARTS) is 1. The summed E-state index contributed by atoms with van der Waals surface area (Å²) in [5.74, 6) is -0.692. The van der Waals surface area contributed by atoms with Crippen LogP contribution >= 0.6 is 0 Å². The first-order chi connectivity index (χ1) is 9.09. The summed E-state index contributed by atoms with van der Waals surface area (Å²) in [4.78, 5) is 13.7. The normalized spacial score (nSPS) is 18.2. The van der Waals surface area contributed by atoms with Crippen LogP contribution in [0.4, 0.5) is 0 Å². The number of aliphatic carboxylic acids is 1. The van der Waals surface area contributed by atoms with E-state index < -0.39 is 5.97 Å². The van der Waals surface area contributed by atoms with Crippen LogP contribution in [0.3, 0.4) is 0 Å². The summed E-state index contributed by atoms with van der Waals surface area (Å²) in [7, 11) is 0. The van der Waals surface area contributed by atoms with Gasteiger partial charge in [-0.15, -0.1) is 0 Å². The van der Waals surface area contributed by atoms with E-state index in [0.717, 1.165) is 31.5 Å². The third-order valence-corrected chi connectivity index (χ3v) is 4.25. The molecule has 0 aromatic heterocycles. The SMILES string of the molecule is Cc1cccc(C[C@H](C(=O)O)N2CCCCC2)c1C. The van der Waals surface area contributed by atoms with Crippen molar-refractivity contribution in [2.45, 2.75) is 45.6 Å². The lowest BCUT2D eigenvalue weighted by Crippen LogP contribution is -2.45. The van der Waals surface area contributed by atoms with E-state index in [-0.39, 0.29) is 6.04 Å². The van der Waals surface area contributed by atoms with Crippen molar-refractivity contribution >= 4 is 5.97 Å². The summed E-state index contributed by atoms with van der Waals surface area (Å²) in [5.41, 5.74) is 3.63. The summed E-state index contributed by atoms with van der Waals surface area (Å²) in [6.45, 7) is 6.00. The van der Waals surface area contributed by atoms with Crippen LogP contribution in [0.15, 0.2) is 18.2 Å². The van der Waals surface area contributed by atoms with Crippen LogP contribution in [0.1, 0.15) is 36.0 Å². The van der Waals surface area contributed by atoms with Crippen molar-refractivity contribution in [3.63, 3.8) is 0 Å². The molecule has 1 aromatic rings. The Morgan fingerprint density at radius 1 is 1.26 bits per heavy atom. The first kappa shape index (κ1) is 14.1. The van der Waals surface area contributed by atoms with Gasteiger partial charge in [-0.05, 0) is 62.9 Å². The average Bonchev–Trinajstić information content (AvgIpc) is 2.41. The molecule has 0 aliphatic carbocycles. The van der Waals surface area contributed by atoms with E-state index in [2.05, 4.69) is 30.9 Å². The molecule has 0 unspecified atom stereocenters. The maximum absolute atomic E-state index is 11.6. The molecule has 1 N–H and O–H groups in total. The van der Waals surface area contributed by atoms with E-state index in [1.807, 2.05) is 6.07 Å². The Labute approximate surface area is 115 Å². The lowest BCUT2D eigenvalue weighted by molar-refractivity contribution is -0.143. The molecule has 3 heteroatoms. The van der Waals surface area contributed by atoms with Crippen molar-refractivity contribution in [3.8, 4) is 0 Å². The van der Waals surface area contributed by atoms with E-state index >= 15 is 0 Å². The fourth-order valence-corrected chi connectivity index (χ4v) is 2.84. The highest BCUT2D eigenvalue weighted by molar-refractivity contribution is 5.74. The molecule has 0 amide bonds. The van der Waals surface area contributed by atoms with Crippen molar-refractivity contribution in [2.24, 2.45) is 0 Å². The van der Waals surface area contributed by atoms with Gasteiger partial charge >= 0.3 is 5.97 Å². The Kier molecular flexibility index (Phi) is 4.59.